The molecule has 1 fully saturated rings. The fraction of sp³-hybridized carbons (Fsp3) is 0.364. The fourth-order valence-corrected chi connectivity index (χ4v) is 3.63. The van der Waals surface area contributed by atoms with Crippen molar-refractivity contribution < 1.29 is 9.47 Å². The van der Waals surface area contributed by atoms with E-state index in [9.17, 15) is 0 Å². The summed E-state index contributed by atoms with van der Waals surface area (Å²) in [6.07, 6.45) is 3.00. The van der Waals surface area contributed by atoms with Crippen molar-refractivity contribution in [3.05, 3.63) is 42.6 Å². The number of hydrogen-bond donors (Lipinski definition) is 0. The number of nitrogens with zero attached hydrogens (tertiary/aromatic N) is 4. The van der Waals surface area contributed by atoms with E-state index in [1.54, 1.807) is 14.2 Å². The Morgan fingerprint density at radius 3 is 2.50 bits per heavy atom. The number of methoxy groups -OCH3 is 2. The van der Waals surface area contributed by atoms with Gasteiger partial charge in [-0.15, -0.1) is 0 Å². The number of hydrogen-bond acceptors (Lipinski definition) is 6. The van der Waals surface area contributed by atoms with Gasteiger partial charge in [-0.1, -0.05) is 0 Å². The lowest BCUT2D eigenvalue weighted by molar-refractivity contribution is 0.360. The second-order valence-electron chi connectivity index (χ2n) is 7.15. The van der Waals surface area contributed by atoms with E-state index in [4.69, 9.17) is 14.5 Å². The summed E-state index contributed by atoms with van der Waals surface area (Å²) in [6.45, 7) is 4.41. The quantitative estimate of drug-likeness (QED) is 0.693. The highest BCUT2D eigenvalue weighted by Crippen LogP contribution is 2.31. The molecule has 0 spiro atoms. The topological polar surface area (TPSA) is 50.7 Å². The van der Waals surface area contributed by atoms with Gasteiger partial charge in [-0.05, 0) is 44.3 Å². The maximum absolute atomic E-state index is 5.45. The highest BCUT2D eigenvalue weighted by atomic mass is 16.5. The monoisotopic (exact) mass is 378 g/mol. The smallest absolute Gasteiger partial charge is 0.159 e. The van der Waals surface area contributed by atoms with Crippen molar-refractivity contribution in [3.8, 4) is 22.9 Å². The number of anilines is 1. The lowest BCUT2D eigenvalue weighted by Gasteiger charge is -2.23. The van der Waals surface area contributed by atoms with Crippen LogP contribution < -0.4 is 14.4 Å². The molecule has 6 nitrogen and oxygen atoms in total. The molecule has 6 heteroatoms. The van der Waals surface area contributed by atoms with Crippen molar-refractivity contribution in [2.45, 2.75) is 6.42 Å². The van der Waals surface area contributed by atoms with Gasteiger partial charge in [0, 0.05) is 49.2 Å². The van der Waals surface area contributed by atoms with Crippen LogP contribution in [-0.4, -0.2) is 62.3 Å². The predicted octanol–water partition coefficient (Wildman–Crippen LogP) is 3.46. The zero-order chi connectivity index (χ0) is 19.5. The Labute approximate surface area is 165 Å². The molecule has 1 aliphatic rings. The number of fused-ring (bicyclic) bond motifs is 1. The third kappa shape index (κ3) is 3.73. The van der Waals surface area contributed by atoms with E-state index in [0.717, 1.165) is 48.4 Å². The van der Waals surface area contributed by atoms with Gasteiger partial charge >= 0.3 is 0 Å². The SMILES string of the molecule is COc1cc(OC)c2cnc(-c3ccc(N4CCCN(C)CC4)cc3)nc2c1. The molecule has 3 aromatic rings. The normalized spacial score (nSPS) is 15.5. The van der Waals surface area contributed by atoms with Crippen molar-refractivity contribution >= 4 is 16.6 Å². The first-order valence-electron chi connectivity index (χ1n) is 9.60. The molecule has 1 aliphatic heterocycles. The minimum atomic E-state index is 0.699. The highest BCUT2D eigenvalue weighted by Gasteiger charge is 2.14. The Morgan fingerprint density at radius 2 is 1.75 bits per heavy atom. The second-order valence-corrected chi connectivity index (χ2v) is 7.15. The second kappa shape index (κ2) is 8.02. The van der Waals surface area contributed by atoms with Gasteiger partial charge in [0.25, 0.3) is 0 Å². The Bertz CT molecular complexity index is 959. The maximum atomic E-state index is 5.45. The van der Waals surface area contributed by atoms with Gasteiger partial charge in [-0.2, -0.15) is 0 Å². The zero-order valence-corrected chi connectivity index (χ0v) is 16.7. The van der Waals surface area contributed by atoms with E-state index in [1.165, 1.54) is 12.1 Å². The Kier molecular flexibility index (Phi) is 5.30. The van der Waals surface area contributed by atoms with E-state index >= 15 is 0 Å². The number of benzene rings is 2. The van der Waals surface area contributed by atoms with Crippen molar-refractivity contribution in [1.82, 2.24) is 14.9 Å². The molecule has 0 atom stereocenters. The van der Waals surface area contributed by atoms with E-state index in [2.05, 4.69) is 46.1 Å². The van der Waals surface area contributed by atoms with Gasteiger partial charge in [0.05, 0.1) is 25.1 Å². The molecule has 1 saturated heterocycles. The van der Waals surface area contributed by atoms with Crippen LogP contribution in [0.1, 0.15) is 6.42 Å². The molecule has 0 amide bonds. The zero-order valence-electron chi connectivity index (χ0n) is 16.7. The molecule has 0 bridgehead atoms. The van der Waals surface area contributed by atoms with Gasteiger partial charge < -0.3 is 19.3 Å². The standard InChI is InChI=1S/C22H26N4O2/c1-25-9-4-10-26(12-11-25)17-7-5-16(6-8-17)22-23-15-19-20(24-22)13-18(27-2)14-21(19)28-3/h5-8,13-15H,4,9-12H2,1-3H3. The van der Waals surface area contributed by atoms with Gasteiger partial charge in [-0.25, -0.2) is 9.97 Å². The maximum Gasteiger partial charge on any atom is 0.159 e. The van der Waals surface area contributed by atoms with Crippen LogP contribution in [0.2, 0.25) is 0 Å². The summed E-state index contributed by atoms with van der Waals surface area (Å²) in [5.74, 6) is 2.13. The molecule has 0 saturated carbocycles. The van der Waals surface area contributed by atoms with Gasteiger partial charge in [0.15, 0.2) is 5.82 Å². The number of likely N-dealkylation sites (N-methyl/N-ethyl adjacent to an activating group) is 1. The molecule has 0 N–H and O–H groups in total. The third-order valence-corrected chi connectivity index (χ3v) is 5.30. The van der Waals surface area contributed by atoms with Crippen LogP contribution in [0.25, 0.3) is 22.3 Å². The van der Waals surface area contributed by atoms with Crippen LogP contribution in [0.5, 0.6) is 11.5 Å². The molecular formula is C22H26N4O2. The largest absolute Gasteiger partial charge is 0.497 e. The minimum Gasteiger partial charge on any atom is -0.497 e. The fourth-order valence-electron chi connectivity index (χ4n) is 3.63. The van der Waals surface area contributed by atoms with Crippen molar-refractivity contribution in [2.24, 2.45) is 0 Å². The third-order valence-electron chi connectivity index (χ3n) is 5.30. The van der Waals surface area contributed by atoms with Crippen LogP contribution in [0, 0.1) is 0 Å². The highest BCUT2D eigenvalue weighted by molar-refractivity contribution is 5.87. The van der Waals surface area contributed by atoms with E-state index < -0.39 is 0 Å². The Balaban J connectivity index is 1.62. The molecule has 28 heavy (non-hydrogen) atoms. The number of rotatable bonds is 4. The molecule has 1 aromatic heterocycles. The van der Waals surface area contributed by atoms with Crippen molar-refractivity contribution in [1.29, 1.82) is 0 Å². The first-order chi connectivity index (χ1) is 13.7. The summed E-state index contributed by atoms with van der Waals surface area (Å²) in [5, 5.41) is 0.873. The minimum absolute atomic E-state index is 0.699. The summed E-state index contributed by atoms with van der Waals surface area (Å²) in [6, 6.07) is 12.3. The van der Waals surface area contributed by atoms with E-state index in [1.807, 2.05) is 18.3 Å². The van der Waals surface area contributed by atoms with E-state index in [-0.39, 0.29) is 0 Å². The molecule has 4 rings (SSSR count). The molecule has 2 heterocycles. The molecule has 146 valence electrons. The lowest BCUT2D eigenvalue weighted by Crippen LogP contribution is -2.28. The first-order valence-corrected chi connectivity index (χ1v) is 9.60. The predicted molar refractivity (Wildman–Crippen MR) is 112 cm³/mol. The summed E-state index contributed by atoms with van der Waals surface area (Å²) in [7, 11) is 5.47. The van der Waals surface area contributed by atoms with Crippen LogP contribution in [0.4, 0.5) is 5.69 Å². The number of ether oxygens (including phenoxy) is 2. The molecular weight excluding hydrogens is 352 g/mol. The first kappa shape index (κ1) is 18.5. The molecule has 0 unspecified atom stereocenters. The van der Waals surface area contributed by atoms with Crippen molar-refractivity contribution in [2.75, 3.05) is 52.3 Å². The summed E-state index contributed by atoms with van der Waals surface area (Å²) >= 11 is 0. The van der Waals surface area contributed by atoms with Crippen LogP contribution >= 0.6 is 0 Å². The van der Waals surface area contributed by atoms with Gasteiger partial charge in [0.2, 0.25) is 0 Å². The summed E-state index contributed by atoms with van der Waals surface area (Å²) in [4.78, 5) is 14.1. The van der Waals surface area contributed by atoms with Crippen molar-refractivity contribution in [3.63, 3.8) is 0 Å². The Hall–Kier alpha value is -2.86. The molecule has 0 radical (unpaired) electrons. The van der Waals surface area contributed by atoms with Gasteiger partial charge in [0.1, 0.15) is 11.5 Å². The molecule has 2 aromatic carbocycles. The van der Waals surface area contributed by atoms with Crippen LogP contribution in [-0.2, 0) is 0 Å². The van der Waals surface area contributed by atoms with E-state index in [0.29, 0.717) is 11.6 Å². The number of aromatic nitrogens is 2. The summed E-state index contributed by atoms with van der Waals surface area (Å²) < 4.78 is 10.8. The summed E-state index contributed by atoms with van der Waals surface area (Å²) in [5.41, 5.74) is 3.06. The Morgan fingerprint density at radius 1 is 0.929 bits per heavy atom. The average Bonchev–Trinajstić information content (AvgIpc) is 2.97. The van der Waals surface area contributed by atoms with Crippen LogP contribution in [0.3, 0.4) is 0 Å². The molecule has 0 aliphatic carbocycles. The van der Waals surface area contributed by atoms with Crippen LogP contribution in [0.15, 0.2) is 42.6 Å². The lowest BCUT2D eigenvalue weighted by atomic mass is 10.1. The average molecular weight is 378 g/mol. The van der Waals surface area contributed by atoms with Gasteiger partial charge in [-0.3, -0.25) is 0 Å².